The summed E-state index contributed by atoms with van der Waals surface area (Å²) in [5.41, 5.74) is -1.64. The van der Waals surface area contributed by atoms with Crippen molar-refractivity contribution >= 4 is 5.78 Å². The van der Waals surface area contributed by atoms with Gasteiger partial charge >= 0.3 is 5.69 Å². The van der Waals surface area contributed by atoms with E-state index >= 15 is 0 Å². The molecule has 1 fully saturated rings. The van der Waals surface area contributed by atoms with Crippen molar-refractivity contribution in [3.8, 4) is 0 Å². The summed E-state index contributed by atoms with van der Waals surface area (Å²) in [6.07, 6.45) is -3.89. The number of rotatable bonds is 4. The second kappa shape index (κ2) is 5.90. The van der Waals surface area contributed by atoms with Gasteiger partial charge in [-0.15, -0.1) is 0 Å². The molecule has 1 saturated heterocycles. The predicted octanol–water partition coefficient (Wildman–Crippen LogP) is -2.72. The number of nitrogens with zero attached hydrogens (tertiary/aromatic N) is 1. The molecule has 1 aliphatic rings. The number of hydrogen-bond donors (Lipinski definition) is 4. The van der Waals surface area contributed by atoms with Gasteiger partial charge in [0.25, 0.3) is 5.56 Å². The molecular formula is C12H16N2O7. The number of aliphatic hydroxyl groups is 3. The molecule has 0 radical (unpaired) electrons. The van der Waals surface area contributed by atoms with E-state index in [0.29, 0.717) is 0 Å². The zero-order valence-corrected chi connectivity index (χ0v) is 11.2. The lowest BCUT2D eigenvalue weighted by Gasteiger charge is -2.15. The van der Waals surface area contributed by atoms with Crippen LogP contribution in [0.2, 0.25) is 0 Å². The highest BCUT2D eigenvalue weighted by Crippen LogP contribution is 2.31. The van der Waals surface area contributed by atoms with Crippen LogP contribution in [0, 0.1) is 0 Å². The first-order valence-corrected chi connectivity index (χ1v) is 6.30. The molecule has 2 unspecified atom stereocenters. The molecule has 0 bridgehead atoms. The summed E-state index contributed by atoms with van der Waals surface area (Å²) in [6, 6.07) is 0. The maximum absolute atomic E-state index is 11.8. The van der Waals surface area contributed by atoms with E-state index < -0.39 is 42.3 Å². The lowest BCUT2D eigenvalue weighted by atomic mass is 10.0. The summed E-state index contributed by atoms with van der Waals surface area (Å²) in [5, 5.41) is 28.6. The molecule has 4 N–H and O–H groups in total. The molecule has 0 aliphatic carbocycles. The minimum absolute atomic E-state index is 0.0987. The van der Waals surface area contributed by atoms with E-state index in [1.165, 1.54) is 6.92 Å². The Labute approximate surface area is 118 Å². The maximum atomic E-state index is 11.8. The third-order valence-corrected chi connectivity index (χ3v) is 3.28. The molecular weight excluding hydrogens is 284 g/mol. The molecule has 2 heterocycles. The van der Waals surface area contributed by atoms with Crippen LogP contribution in [-0.2, 0) is 16.1 Å². The van der Waals surface area contributed by atoms with Crippen molar-refractivity contribution in [2.75, 3.05) is 6.61 Å². The number of ketones is 1. The van der Waals surface area contributed by atoms with Gasteiger partial charge in [0.15, 0.2) is 0 Å². The number of carbonyl (C=O) groups is 1. The Morgan fingerprint density at radius 3 is 2.57 bits per heavy atom. The zero-order valence-electron chi connectivity index (χ0n) is 11.2. The fourth-order valence-corrected chi connectivity index (χ4v) is 2.24. The van der Waals surface area contributed by atoms with Gasteiger partial charge < -0.3 is 20.1 Å². The molecule has 4 atom stereocenters. The topological polar surface area (TPSA) is 142 Å². The van der Waals surface area contributed by atoms with Crippen molar-refractivity contribution in [2.24, 2.45) is 0 Å². The first-order chi connectivity index (χ1) is 9.85. The lowest BCUT2D eigenvalue weighted by Crippen LogP contribution is -2.36. The Kier molecular flexibility index (Phi) is 4.37. The summed E-state index contributed by atoms with van der Waals surface area (Å²) < 4.78 is 6.21. The molecule has 9 heteroatoms. The molecule has 1 aromatic heterocycles. The van der Waals surface area contributed by atoms with Gasteiger partial charge in [-0.3, -0.25) is 19.1 Å². The Bertz CT molecular complexity index is 650. The Morgan fingerprint density at radius 2 is 2.05 bits per heavy atom. The monoisotopic (exact) mass is 300 g/mol. The maximum Gasteiger partial charge on any atom is 0.328 e. The summed E-state index contributed by atoms with van der Waals surface area (Å²) in [7, 11) is 0. The van der Waals surface area contributed by atoms with E-state index in [1.807, 2.05) is 4.98 Å². The van der Waals surface area contributed by atoms with Crippen LogP contribution in [0.3, 0.4) is 0 Å². The molecule has 2 rings (SSSR count). The van der Waals surface area contributed by atoms with Gasteiger partial charge in [0, 0.05) is 6.20 Å². The van der Waals surface area contributed by atoms with Gasteiger partial charge in [-0.1, -0.05) is 0 Å². The average Bonchev–Trinajstić information content (AvgIpc) is 2.69. The van der Waals surface area contributed by atoms with Crippen LogP contribution in [-0.4, -0.2) is 55.6 Å². The highest BCUT2D eigenvalue weighted by molar-refractivity contribution is 5.75. The fraction of sp³-hybridized carbons (Fsp3) is 0.583. The molecule has 1 aromatic rings. The lowest BCUT2D eigenvalue weighted by molar-refractivity contribution is -0.117. The molecule has 0 saturated carbocycles. The van der Waals surface area contributed by atoms with Crippen molar-refractivity contribution in [2.45, 2.75) is 37.9 Å². The molecule has 21 heavy (non-hydrogen) atoms. The number of hydrogen-bond acceptors (Lipinski definition) is 7. The molecule has 0 spiro atoms. The SMILES string of the molecule is CC(=O)Cn1cc([C@@H]2O[C@H](CO)C(O)C2O)c(=O)[nH]c1=O. The summed E-state index contributed by atoms with van der Waals surface area (Å²) >= 11 is 0. The van der Waals surface area contributed by atoms with Crippen molar-refractivity contribution in [3.63, 3.8) is 0 Å². The van der Waals surface area contributed by atoms with Crippen LogP contribution < -0.4 is 11.2 Å². The number of aliphatic hydroxyl groups excluding tert-OH is 3. The average molecular weight is 300 g/mol. The van der Waals surface area contributed by atoms with Gasteiger partial charge in [0.2, 0.25) is 0 Å². The minimum Gasteiger partial charge on any atom is -0.394 e. The molecule has 0 aromatic carbocycles. The Morgan fingerprint density at radius 1 is 1.38 bits per heavy atom. The van der Waals surface area contributed by atoms with Crippen LogP contribution in [0.5, 0.6) is 0 Å². The second-order valence-corrected chi connectivity index (χ2v) is 4.93. The summed E-state index contributed by atoms with van der Waals surface area (Å²) in [6.45, 7) is 0.515. The van der Waals surface area contributed by atoms with Gasteiger partial charge in [0.05, 0.1) is 18.7 Å². The third kappa shape index (κ3) is 2.95. The van der Waals surface area contributed by atoms with E-state index in [2.05, 4.69) is 0 Å². The van der Waals surface area contributed by atoms with Crippen LogP contribution in [0.1, 0.15) is 18.6 Å². The predicted molar refractivity (Wildman–Crippen MR) is 68.7 cm³/mol. The first-order valence-electron chi connectivity index (χ1n) is 6.30. The summed E-state index contributed by atoms with van der Waals surface area (Å²) in [5.74, 6) is -0.295. The largest absolute Gasteiger partial charge is 0.394 e. The van der Waals surface area contributed by atoms with Crippen LogP contribution in [0.4, 0.5) is 0 Å². The number of ether oxygens (including phenoxy) is 1. The normalized spacial score (nSPS) is 28.8. The minimum atomic E-state index is -1.42. The van der Waals surface area contributed by atoms with Crippen molar-refractivity contribution in [3.05, 3.63) is 32.6 Å². The van der Waals surface area contributed by atoms with Gasteiger partial charge in [-0.2, -0.15) is 0 Å². The van der Waals surface area contributed by atoms with E-state index in [4.69, 9.17) is 9.84 Å². The smallest absolute Gasteiger partial charge is 0.328 e. The van der Waals surface area contributed by atoms with E-state index in [9.17, 15) is 24.6 Å². The van der Waals surface area contributed by atoms with Gasteiger partial charge in [-0.05, 0) is 6.92 Å². The van der Waals surface area contributed by atoms with Gasteiger partial charge in [0.1, 0.15) is 30.2 Å². The molecule has 9 nitrogen and oxygen atoms in total. The quantitative estimate of drug-likeness (QED) is 0.473. The third-order valence-electron chi connectivity index (χ3n) is 3.28. The Balaban J connectivity index is 2.42. The van der Waals surface area contributed by atoms with Crippen molar-refractivity contribution < 1.29 is 24.9 Å². The molecule has 1 aliphatic heterocycles. The second-order valence-electron chi connectivity index (χ2n) is 4.93. The fourth-order valence-electron chi connectivity index (χ4n) is 2.24. The summed E-state index contributed by atoms with van der Waals surface area (Å²) in [4.78, 5) is 36.5. The number of carbonyl (C=O) groups excluding carboxylic acids is 1. The van der Waals surface area contributed by atoms with Crippen LogP contribution in [0.15, 0.2) is 15.8 Å². The van der Waals surface area contributed by atoms with Gasteiger partial charge in [-0.25, -0.2) is 4.79 Å². The van der Waals surface area contributed by atoms with E-state index in [1.54, 1.807) is 0 Å². The zero-order chi connectivity index (χ0) is 15.7. The van der Waals surface area contributed by atoms with Crippen molar-refractivity contribution in [1.29, 1.82) is 0 Å². The number of H-pyrrole nitrogens is 1. The molecule has 116 valence electrons. The first kappa shape index (κ1) is 15.6. The number of aromatic amines is 1. The number of aromatic nitrogens is 2. The standard InChI is InChI=1S/C12H16N2O7/c1-5(16)2-14-3-6(11(19)13-12(14)20)10-9(18)8(17)7(4-15)21-10/h3,7-10,15,17-18H,2,4H2,1H3,(H,13,19,20)/t7-,8?,9?,10+/m1/s1. The highest BCUT2D eigenvalue weighted by Gasteiger charge is 2.44. The number of nitrogens with one attached hydrogen (secondary N) is 1. The van der Waals surface area contributed by atoms with Crippen LogP contribution >= 0.6 is 0 Å². The molecule has 0 amide bonds. The number of Topliss-reactive ketones (excluding diaryl/α,β-unsaturated/α-hetero) is 1. The van der Waals surface area contributed by atoms with Crippen LogP contribution in [0.25, 0.3) is 0 Å². The Hall–Kier alpha value is -1.81. The van der Waals surface area contributed by atoms with Crippen molar-refractivity contribution in [1.82, 2.24) is 9.55 Å². The van der Waals surface area contributed by atoms with E-state index in [0.717, 1.165) is 10.8 Å². The highest BCUT2D eigenvalue weighted by atomic mass is 16.6. The van der Waals surface area contributed by atoms with E-state index in [-0.39, 0.29) is 17.9 Å².